The van der Waals surface area contributed by atoms with Gasteiger partial charge in [0.05, 0.1) is 11.0 Å². The van der Waals surface area contributed by atoms with E-state index in [1.54, 1.807) is 0 Å². The van der Waals surface area contributed by atoms with Crippen molar-refractivity contribution < 1.29 is 18.5 Å². The smallest absolute Gasteiger partial charge is 0.298 e. The molecule has 0 aliphatic heterocycles. The molecule has 0 aliphatic rings. The number of halogens is 2. The van der Waals surface area contributed by atoms with Crippen LogP contribution in [-0.2, 0) is 0 Å². The van der Waals surface area contributed by atoms with E-state index in [4.69, 9.17) is 0 Å². The van der Waals surface area contributed by atoms with Crippen LogP contribution >= 0.6 is 0 Å². The topological polar surface area (TPSA) is 105 Å². The molecule has 0 saturated heterocycles. The molecule has 0 aliphatic carbocycles. The molecule has 0 unspecified atom stereocenters. The minimum atomic E-state index is -1.32. The van der Waals surface area contributed by atoms with Crippen LogP contribution in [0.4, 0.5) is 20.2 Å². The number of nitrogens with zero attached hydrogens (tertiary/aromatic N) is 1. The van der Waals surface area contributed by atoms with Crippen molar-refractivity contribution in [3.05, 3.63) is 68.1 Å². The van der Waals surface area contributed by atoms with Gasteiger partial charge in [0.15, 0.2) is 16.9 Å². The first kappa shape index (κ1) is 14.3. The second-order valence-electron chi connectivity index (χ2n) is 3.92. The van der Waals surface area contributed by atoms with Gasteiger partial charge in [-0.2, -0.15) is 0 Å². The minimum Gasteiger partial charge on any atom is -0.367 e. The fourth-order valence-electron chi connectivity index (χ4n) is 1.60. The first-order valence-electron chi connectivity index (χ1n) is 5.52. The van der Waals surface area contributed by atoms with Crippen LogP contribution < -0.4 is 10.7 Å². The van der Waals surface area contributed by atoms with Crippen molar-refractivity contribution in [1.29, 1.82) is 0 Å². The highest BCUT2D eigenvalue weighted by Crippen LogP contribution is 2.28. The van der Waals surface area contributed by atoms with Crippen molar-refractivity contribution in [2.75, 3.05) is 5.32 Å². The molecule has 0 atom stereocenters. The van der Waals surface area contributed by atoms with Crippen molar-refractivity contribution >= 4 is 17.3 Å². The third kappa shape index (κ3) is 2.91. The average molecular weight is 295 g/mol. The summed E-state index contributed by atoms with van der Waals surface area (Å²) >= 11 is 0. The summed E-state index contributed by atoms with van der Waals surface area (Å²) in [5, 5.41) is 12.7. The largest absolute Gasteiger partial charge is 0.367 e. The number of hydrogen-bond donors (Lipinski definition) is 2. The van der Waals surface area contributed by atoms with Gasteiger partial charge in [0.1, 0.15) is 11.4 Å². The standard InChI is InChI=1S/C12H7F2N3O4/c13-6-3-8(14)11(9(4-6)17(20)21)16-12(19)7-5-15-2-1-10(7)18/h1-5H,(H,15,18)(H,16,19). The van der Waals surface area contributed by atoms with Gasteiger partial charge in [-0.05, 0) is 0 Å². The summed E-state index contributed by atoms with van der Waals surface area (Å²) in [5.74, 6) is -3.53. The normalized spacial score (nSPS) is 10.2. The number of hydrogen-bond acceptors (Lipinski definition) is 4. The first-order chi connectivity index (χ1) is 9.90. The van der Waals surface area contributed by atoms with Crippen molar-refractivity contribution in [3.8, 4) is 0 Å². The number of amides is 1. The number of aromatic amines is 1. The predicted octanol–water partition coefficient (Wildman–Crippen LogP) is 1.81. The van der Waals surface area contributed by atoms with Crippen LogP contribution in [0.1, 0.15) is 10.4 Å². The SMILES string of the molecule is O=C(Nc1c(F)cc(F)cc1[N+](=O)[O-])c1c[nH]ccc1=O. The zero-order chi connectivity index (χ0) is 15.6. The lowest BCUT2D eigenvalue weighted by atomic mass is 10.2. The van der Waals surface area contributed by atoms with E-state index in [1.165, 1.54) is 6.20 Å². The second kappa shape index (κ2) is 5.49. The third-order valence-corrected chi connectivity index (χ3v) is 2.54. The lowest BCUT2D eigenvalue weighted by molar-refractivity contribution is -0.384. The number of nitrogens with one attached hydrogen (secondary N) is 2. The Morgan fingerprint density at radius 1 is 1.33 bits per heavy atom. The van der Waals surface area contributed by atoms with E-state index in [0.717, 1.165) is 12.3 Å². The number of anilines is 1. The van der Waals surface area contributed by atoms with Crippen molar-refractivity contribution in [2.24, 2.45) is 0 Å². The molecule has 7 nitrogen and oxygen atoms in total. The van der Waals surface area contributed by atoms with Crippen LogP contribution in [-0.4, -0.2) is 15.8 Å². The van der Waals surface area contributed by atoms with E-state index in [2.05, 4.69) is 4.98 Å². The molecule has 1 aromatic heterocycles. The molecule has 0 radical (unpaired) electrons. The maximum atomic E-state index is 13.6. The van der Waals surface area contributed by atoms with Crippen molar-refractivity contribution in [1.82, 2.24) is 4.98 Å². The number of nitro benzene ring substituents is 1. The summed E-state index contributed by atoms with van der Waals surface area (Å²) in [6.45, 7) is 0. The molecule has 1 aromatic carbocycles. The Balaban J connectivity index is 2.45. The monoisotopic (exact) mass is 295 g/mol. The molecular weight excluding hydrogens is 288 g/mol. The van der Waals surface area contributed by atoms with Gasteiger partial charge in [-0.25, -0.2) is 8.78 Å². The van der Waals surface area contributed by atoms with Crippen molar-refractivity contribution in [3.63, 3.8) is 0 Å². The van der Waals surface area contributed by atoms with Crippen molar-refractivity contribution in [2.45, 2.75) is 0 Å². The zero-order valence-corrected chi connectivity index (χ0v) is 10.2. The van der Waals surface area contributed by atoms with Gasteiger partial charge in [-0.1, -0.05) is 0 Å². The molecule has 0 fully saturated rings. The summed E-state index contributed by atoms with van der Waals surface area (Å²) in [4.78, 5) is 35.5. The molecule has 21 heavy (non-hydrogen) atoms. The summed E-state index contributed by atoms with van der Waals surface area (Å²) in [7, 11) is 0. The van der Waals surface area contributed by atoms with E-state index >= 15 is 0 Å². The number of pyridine rings is 1. The summed E-state index contributed by atoms with van der Waals surface area (Å²) in [6, 6.07) is 1.91. The molecule has 2 aromatic rings. The molecule has 9 heteroatoms. The Bertz CT molecular complexity index is 788. The molecule has 1 amide bonds. The van der Waals surface area contributed by atoms with E-state index in [-0.39, 0.29) is 5.56 Å². The maximum absolute atomic E-state index is 13.6. The van der Waals surface area contributed by atoms with Gasteiger partial charge in [0, 0.05) is 24.5 Å². The second-order valence-corrected chi connectivity index (χ2v) is 3.92. The van der Waals surface area contributed by atoms with Crippen LogP contribution in [0.3, 0.4) is 0 Å². The molecule has 2 N–H and O–H groups in total. The number of benzene rings is 1. The fraction of sp³-hybridized carbons (Fsp3) is 0. The molecule has 1 heterocycles. The van der Waals surface area contributed by atoms with Crippen LogP contribution in [0.2, 0.25) is 0 Å². The van der Waals surface area contributed by atoms with E-state index in [1.807, 2.05) is 5.32 Å². The number of carbonyl (C=O) groups excluding carboxylic acids is 1. The lowest BCUT2D eigenvalue weighted by Crippen LogP contribution is -2.22. The van der Waals surface area contributed by atoms with Gasteiger partial charge in [-0.3, -0.25) is 19.7 Å². The summed E-state index contributed by atoms with van der Waals surface area (Å²) < 4.78 is 26.6. The van der Waals surface area contributed by atoms with Crippen LogP contribution in [0.25, 0.3) is 0 Å². The Morgan fingerprint density at radius 2 is 2.05 bits per heavy atom. The van der Waals surface area contributed by atoms with Gasteiger partial charge in [0.2, 0.25) is 0 Å². The number of H-pyrrole nitrogens is 1. The van der Waals surface area contributed by atoms with E-state index in [9.17, 15) is 28.5 Å². The Hall–Kier alpha value is -3.10. The van der Waals surface area contributed by atoms with Crippen LogP contribution in [0, 0.1) is 21.7 Å². The molecule has 0 saturated carbocycles. The average Bonchev–Trinajstić information content (AvgIpc) is 2.41. The highest BCUT2D eigenvalue weighted by Gasteiger charge is 2.23. The van der Waals surface area contributed by atoms with Crippen LogP contribution in [0.15, 0.2) is 35.4 Å². The zero-order valence-electron chi connectivity index (χ0n) is 10.2. The van der Waals surface area contributed by atoms with Crippen LogP contribution in [0.5, 0.6) is 0 Å². The number of nitro groups is 1. The number of aromatic nitrogens is 1. The molecule has 108 valence electrons. The van der Waals surface area contributed by atoms with E-state index < -0.39 is 39.3 Å². The Labute approximate surface area is 115 Å². The lowest BCUT2D eigenvalue weighted by Gasteiger charge is -2.07. The fourth-order valence-corrected chi connectivity index (χ4v) is 1.60. The quantitative estimate of drug-likeness (QED) is 0.665. The van der Waals surface area contributed by atoms with E-state index in [0.29, 0.717) is 12.1 Å². The molecule has 2 rings (SSSR count). The number of carbonyl (C=O) groups is 1. The third-order valence-electron chi connectivity index (χ3n) is 2.54. The molecular formula is C12H7F2N3O4. The Kier molecular flexibility index (Phi) is 3.74. The highest BCUT2D eigenvalue weighted by molar-refractivity contribution is 6.05. The summed E-state index contributed by atoms with van der Waals surface area (Å²) in [5.41, 5.74) is -2.78. The maximum Gasteiger partial charge on any atom is 0.298 e. The highest BCUT2D eigenvalue weighted by atomic mass is 19.1. The van der Waals surface area contributed by atoms with Gasteiger partial charge >= 0.3 is 0 Å². The van der Waals surface area contributed by atoms with Gasteiger partial charge in [0.25, 0.3) is 11.6 Å². The van der Waals surface area contributed by atoms with Gasteiger partial charge < -0.3 is 10.3 Å². The minimum absolute atomic E-state index is 0.365. The predicted molar refractivity (Wildman–Crippen MR) is 68.0 cm³/mol. The Morgan fingerprint density at radius 3 is 2.67 bits per heavy atom. The first-order valence-corrected chi connectivity index (χ1v) is 5.52. The molecule has 0 bridgehead atoms. The number of rotatable bonds is 3. The van der Waals surface area contributed by atoms with Gasteiger partial charge in [-0.15, -0.1) is 0 Å². The summed E-state index contributed by atoms with van der Waals surface area (Å²) in [6.07, 6.45) is 2.34. The molecule has 0 spiro atoms.